The molecule has 0 saturated carbocycles. The minimum Gasteiger partial charge on any atom is -0.378 e. The number of carbonyl (C=O) groups excluding carboxylic acids is 1. The number of ether oxygens (including phenoxy) is 1. The molecule has 2 aliphatic rings. The van der Waals surface area contributed by atoms with Crippen LogP contribution in [0, 0.1) is 0 Å². The molecule has 0 aliphatic carbocycles. The highest BCUT2D eigenvalue weighted by molar-refractivity contribution is 5.76. The van der Waals surface area contributed by atoms with Crippen LogP contribution in [0.25, 0.3) is 0 Å². The van der Waals surface area contributed by atoms with Crippen LogP contribution in [0.2, 0.25) is 0 Å². The second-order valence-corrected chi connectivity index (χ2v) is 4.63. The van der Waals surface area contributed by atoms with Gasteiger partial charge in [0, 0.05) is 19.7 Å². The van der Waals surface area contributed by atoms with Crippen molar-refractivity contribution >= 4 is 5.91 Å². The fourth-order valence-corrected chi connectivity index (χ4v) is 2.44. The van der Waals surface area contributed by atoms with Crippen molar-refractivity contribution in [2.24, 2.45) is 0 Å². The number of carbonyl (C=O) groups is 1. The Morgan fingerprint density at radius 1 is 1.13 bits per heavy atom. The summed E-state index contributed by atoms with van der Waals surface area (Å²) in [7, 11) is 0. The molecule has 2 fully saturated rings. The van der Waals surface area contributed by atoms with Crippen LogP contribution in [0.5, 0.6) is 0 Å². The van der Waals surface area contributed by atoms with Crippen molar-refractivity contribution in [1.29, 1.82) is 0 Å². The normalized spacial score (nSPS) is 27.7. The number of hydrogen-bond acceptors (Lipinski definition) is 2. The molecular weight excluding hydrogens is 190 g/mol. The summed E-state index contributed by atoms with van der Waals surface area (Å²) in [6.07, 6.45) is 7.90. The largest absolute Gasteiger partial charge is 0.378 e. The third-order valence-electron chi connectivity index (χ3n) is 3.39. The summed E-state index contributed by atoms with van der Waals surface area (Å²) in [5.74, 6) is 0.307. The van der Waals surface area contributed by atoms with Gasteiger partial charge in [0.1, 0.15) is 0 Å². The Kier molecular flexibility index (Phi) is 4.01. The first-order valence-electron chi connectivity index (χ1n) is 6.25. The van der Waals surface area contributed by atoms with E-state index in [-0.39, 0.29) is 6.10 Å². The first-order chi connectivity index (χ1) is 7.36. The fraction of sp³-hybridized carbons (Fsp3) is 0.917. The van der Waals surface area contributed by atoms with E-state index in [4.69, 9.17) is 4.74 Å². The molecule has 2 rings (SSSR count). The quantitative estimate of drug-likeness (QED) is 0.698. The van der Waals surface area contributed by atoms with Crippen LogP contribution in [0.3, 0.4) is 0 Å². The molecule has 86 valence electrons. The monoisotopic (exact) mass is 211 g/mol. The molecule has 0 aromatic carbocycles. The molecule has 1 unspecified atom stereocenters. The molecule has 0 bridgehead atoms. The summed E-state index contributed by atoms with van der Waals surface area (Å²) >= 11 is 0. The lowest BCUT2D eigenvalue weighted by atomic mass is 10.0. The maximum Gasteiger partial charge on any atom is 0.225 e. The fourth-order valence-electron chi connectivity index (χ4n) is 2.44. The molecule has 15 heavy (non-hydrogen) atoms. The summed E-state index contributed by atoms with van der Waals surface area (Å²) in [5, 5.41) is 0. The molecule has 0 aromatic rings. The van der Waals surface area contributed by atoms with E-state index in [0.29, 0.717) is 12.3 Å². The lowest BCUT2D eigenvalue weighted by Gasteiger charge is -2.29. The summed E-state index contributed by atoms with van der Waals surface area (Å²) in [5.41, 5.74) is 0. The van der Waals surface area contributed by atoms with Gasteiger partial charge >= 0.3 is 0 Å². The molecule has 3 heteroatoms. The Morgan fingerprint density at radius 2 is 1.93 bits per heavy atom. The lowest BCUT2D eigenvalue weighted by molar-refractivity contribution is -0.136. The van der Waals surface area contributed by atoms with Crippen molar-refractivity contribution < 1.29 is 9.53 Å². The first-order valence-corrected chi connectivity index (χ1v) is 6.25. The molecule has 0 spiro atoms. The topological polar surface area (TPSA) is 29.5 Å². The molecule has 2 aliphatic heterocycles. The van der Waals surface area contributed by atoms with Gasteiger partial charge in [-0.25, -0.2) is 0 Å². The Bertz CT molecular complexity index is 206. The number of amides is 1. The van der Waals surface area contributed by atoms with E-state index in [1.54, 1.807) is 0 Å². The summed E-state index contributed by atoms with van der Waals surface area (Å²) in [6, 6.07) is 0. The Hall–Kier alpha value is -0.570. The van der Waals surface area contributed by atoms with Crippen LogP contribution in [0.4, 0.5) is 0 Å². The van der Waals surface area contributed by atoms with Crippen LogP contribution in [-0.4, -0.2) is 36.6 Å². The van der Waals surface area contributed by atoms with Crippen LogP contribution in [0.1, 0.15) is 44.9 Å². The maximum absolute atomic E-state index is 11.9. The molecule has 0 N–H and O–H groups in total. The smallest absolute Gasteiger partial charge is 0.225 e. The minimum absolute atomic E-state index is 0.202. The van der Waals surface area contributed by atoms with Gasteiger partial charge in [0.25, 0.3) is 0 Å². The van der Waals surface area contributed by atoms with E-state index in [2.05, 4.69) is 0 Å². The summed E-state index contributed by atoms with van der Waals surface area (Å²) in [6.45, 7) is 2.77. The molecule has 3 nitrogen and oxygen atoms in total. The van der Waals surface area contributed by atoms with Crippen molar-refractivity contribution in [1.82, 2.24) is 4.90 Å². The van der Waals surface area contributed by atoms with Gasteiger partial charge in [-0.1, -0.05) is 0 Å². The van der Waals surface area contributed by atoms with E-state index < -0.39 is 0 Å². The summed E-state index contributed by atoms with van der Waals surface area (Å²) in [4.78, 5) is 13.9. The molecule has 2 saturated heterocycles. The molecule has 2 heterocycles. The van der Waals surface area contributed by atoms with Gasteiger partial charge in [0.2, 0.25) is 5.91 Å². The molecule has 1 amide bonds. The van der Waals surface area contributed by atoms with Crippen molar-refractivity contribution in [3.8, 4) is 0 Å². The van der Waals surface area contributed by atoms with Crippen molar-refractivity contribution in [2.75, 3.05) is 19.7 Å². The van der Waals surface area contributed by atoms with Gasteiger partial charge in [-0.2, -0.15) is 0 Å². The van der Waals surface area contributed by atoms with Crippen LogP contribution in [-0.2, 0) is 9.53 Å². The van der Waals surface area contributed by atoms with Gasteiger partial charge in [-0.05, 0) is 38.5 Å². The average molecular weight is 211 g/mol. The van der Waals surface area contributed by atoms with Gasteiger partial charge in [-0.3, -0.25) is 4.79 Å². The Balaban J connectivity index is 1.74. The highest BCUT2D eigenvalue weighted by atomic mass is 16.5. The van der Waals surface area contributed by atoms with E-state index in [9.17, 15) is 4.79 Å². The number of likely N-dealkylation sites (tertiary alicyclic amines) is 1. The molecule has 0 aromatic heterocycles. The number of nitrogens with zero attached hydrogens (tertiary/aromatic N) is 1. The predicted molar refractivity (Wildman–Crippen MR) is 58.6 cm³/mol. The van der Waals surface area contributed by atoms with E-state index >= 15 is 0 Å². The lowest BCUT2D eigenvalue weighted by Crippen LogP contribution is -2.38. The van der Waals surface area contributed by atoms with E-state index in [0.717, 1.165) is 32.5 Å². The molecular formula is C12H21NO2. The van der Waals surface area contributed by atoms with E-state index in [1.807, 2.05) is 4.90 Å². The Morgan fingerprint density at radius 3 is 2.60 bits per heavy atom. The standard InChI is InChI=1S/C12H21NO2/c14-12(13-7-3-1-4-8-13)10-11-6-2-5-9-15-11/h11H,1-10H2. The molecule has 1 atom stereocenters. The highest BCUT2D eigenvalue weighted by Crippen LogP contribution is 2.18. The minimum atomic E-state index is 0.202. The zero-order valence-corrected chi connectivity index (χ0v) is 9.41. The number of rotatable bonds is 2. The SMILES string of the molecule is O=C(CC1CCCCO1)N1CCCCC1. The van der Waals surface area contributed by atoms with Gasteiger partial charge in [-0.15, -0.1) is 0 Å². The van der Waals surface area contributed by atoms with Crippen LogP contribution in [0.15, 0.2) is 0 Å². The van der Waals surface area contributed by atoms with Gasteiger partial charge < -0.3 is 9.64 Å². The summed E-state index contributed by atoms with van der Waals surface area (Å²) < 4.78 is 5.59. The highest BCUT2D eigenvalue weighted by Gasteiger charge is 2.22. The second kappa shape index (κ2) is 5.50. The maximum atomic E-state index is 11.9. The predicted octanol–water partition coefficient (Wildman–Crippen LogP) is 1.96. The van der Waals surface area contributed by atoms with Gasteiger partial charge in [0.15, 0.2) is 0 Å². The zero-order chi connectivity index (χ0) is 10.5. The molecule has 0 radical (unpaired) electrons. The number of piperidine rings is 1. The third-order valence-corrected chi connectivity index (χ3v) is 3.39. The first kappa shape index (κ1) is 10.9. The van der Waals surface area contributed by atoms with E-state index in [1.165, 1.54) is 25.7 Å². The van der Waals surface area contributed by atoms with Crippen molar-refractivity contribution in [3.05, 3.63) is 0 Å². The van der Waals surface area contributed by atoms with Crippen LogP contribution < -0.4 is 0 Å². The number of hydrogen-bond donors (Lipinski definition) is 0. The van der Waals surface area contributed by atoms with Crippen molar-refractivity contribution in [3.63, 3.8) is 0 Å². The zero-order valence-electron chi connectivity index (χ0n) is 9.41. The van der Waals surface area contributed by atoms with Crippen LogP contribution >= 0.6 is 0 Å². The van der Waals surface area contributed by atoms with Crippen molar-refractivity contribution in [2.45, 2.75) is 51.0 Å². The van der Waals surface area contributed by atoms with Gasteiger partial charge in [0.05, 0.1) is 12.5 Å². The average Bonchev–Trinajstić information content (AvgIpc) is 2.31. The Labute approximate surface area is 91.8 Å². The second-order valence-electron chi connectivity index (χ2n) is 4.63. The third kappa shape index (κ3) is 3.20.